The van der Waals surface area contributed by atoms with Gasteiger partial charge in [-0.2, -0.15) is 0 Å². The van der Waals surface area contributed by atoms with Crippen LogP contribution in [0.1, 0.15) is 21.6 Å². The molecule has 0 atom stereocenters. The van der Waals surface area contributed by atoms with Crippen molar-refractivity contribution in [2.75, 3.05) is 13.7 Å². The molecule has 2 rings (SSSR count). The summed E-state index contributed by atoms with van der Waals surface area (Å²) in [4.78, 5) is 11.2. The molecule has 2 aromatic rings. The summed E-state index contributed by atoms with van der Waals surface area (Å²) in [6.45, 7) is 5.62. The predicted molar refractivity (Wildman–Crippen MR) is 71.8 cm³/mol. The highest BCUT2D eigenvalue weighted by Crippen LogP contribution is 2.26. The zero-order valence-electron chi connectivity index (χ0n) is 11.0. The van der Waals surface area contributed by atoms with E-state index in [2.05, 4.69) is 18.4 Å². The fourth-order valence-corrected chi connectivity index (χ4v) is 2.27. The van der Waals surface area contributed by atoms with Crippen LogP contribution in [-0.2, 0) is 11.3 Å². The van der Waals surface area contributed by atoms with Crippen molar-refractivity contribution in [1.82, 2.24) is 4.57 Å². The molecule has 1 aromatic carbocycles. The number of rotatable bonds is 4. The molecule has 1 aromatic heterocycles. The highest BCUT2D eigenvalue weighted by Gasteiger charge is 2.12. The van der Waals surface area contributed by atoms with Crippen LogP contribution < -0.4 is 5.73 Å². The average molecular weight is 246 g/mol. The van der Waals surface area contributed by atoms with Crippen molar-refractivity contribution in [3.8, 4) is 0 Å². The fraction of sp³-hybridized carbons (Fsp3) is 0.357. The van der Waals surface area contributed by atoms with Crippen molar-refractivity contribution in [1.29, 1.82) is 0 Å². The molecule has 0 aliphatic carbocycles. The first-order valence-corrected chi connectivity index (χ1v) is 5.94. The van der Waals surface area contributed by atoms with Gasteiger partial charge >= 0.3 is 0 Å². The van der Waals surface area contributed by atoms with Gasteiger partial charge in [0.15, 0.2) is 0 Å². The summed E-state index contributed by atoms with van der Waals surface area (Å²) in [6.07, 6.45) is 0. The third-order valence-corrected chi connectivity index (χ3v) is 3.44. The molecular weight excluding hydrogens is 228 g/mol. The first-order valence-electron chi connectivity index (χ1n) is 5.94. The van der Waals surface area contributed by atoms with E-state index in [1.165, 1.54) is 11.3 Å². The van der Waals surface area contributed by atoms with Gasteiger partial charge in [-0.15, -0.1) is 0 Å². The number of hydrogen-bond donors (Lipinski definition) is 1. The van der Waals surface area contributed by atoms with Gasteiger partial charge in [0.25, 0.3) is 0 Å². The molecule has 2 N–H and O–H groups in total. The predicted octanol–water partition coefficient (Wildman–Crippen LogP) is 2.00. The minimum absolute atomic E-state index is 0.390. The second-order valence-corrected chi connectivity index (χ2v) is 4.45. The molecule has 0 aliphatic heterocycles. The Morgan fingerprint density at radius 1 is 1.39 bits per heavy atom. The van der Waals surface area contributed by atoms with Gasteiger partial charge in [-0.25, -0.2) is 0 Å². The lowest BCUT2D eigenvalue weighted by Gasteiger charge is -2.07. The van der Waals surface area contributed by atoms with Crippen molar-refractivity contribution in [3.05, 3.63) is 35.0 Å². The van der Waals surface area contributed by atoms with Crippen LogP contribution in [0.3, 0.4) is 0 Å². The van der Waals surface area contributed by atoms with Crippen LogP contribution in [0.4, 0.5) is 0 Å². The number of primary amides is 1. The Kier molecular flexibility index (Phi) is 3.39. The molecule has 0 unspecified atom stereocenters. The number of hydrogen-bond acceptors (Lipinski definition) is 2. The molecule has 96 valence electrons. The lowest BCUT2D eigenvalue weighted by Crippen LogP contribution is -2.10. The molecule has 0 spiro atoms. The van der Waals surface area contributed by atoms with Gasteiger partial charge in [0.05, 0.1) is 6.61 Å². The van der Waals surface area contributed by atoms with Gasteiger partial charge in [0, 0.05) is 35.8 Å². The maximum Gasteiger partial charge on any atom is 0.248 e. The SMILES string of the molecule is COCCn1c(C)c(C)c2cc(C(N)=O)ccc21. The number of aromatic nitrogens is 1. The van der Waals surface area contributed by atoms with Crippen LogP contribution in [0.5, 0.6) is 0 Å². The molecular formula is C14H18N2O2. The van der Waals surface area contributed by atoms with E-state index in [4.69, 9.17) is 10.5 Å². The Labute approximate surface area is 106 Å². The number of fused-ring (bicyclic) bond motifs is 1. The number of carbonyl (C=O) groups is 1. The second-order valence-electron chi connectivity index (χ2n) is 4.45. The lowest BCUT2D eigenvalue weighted by molar-refractivity contribution is 0.100. The van der Waals surface area contributed by atoms with Crippen LogP contribution in [0, 0.1) is 13.8 Å². The number of nitrogens with zero attached hydrogens (tertiary/aromatic N) is 1. The zero-order valence-corrected chi connectivity index (χ0v) is 11.0. The minimum Gasteiger partial charge on any atom is -0.383 e. The standard InChI is InChI=1S/C14H18N2O2/c1-9-10(2)16(6-7-18-3)13-5-4-11(14(15)17)8-12(9)13/h4-5,8H,6-7H2,1-3H3,(H2,15,17). The van der Waals surface area contributed by atoms with Crippen LogP contribution in [0.15, 0.2) is 18.2 Å². The summed E-state index contributed by atoms with van der Waals surface area (Å²) >= 11 is 0. The molecule has 0 bridgehead atoms. The van der Waals surface area contributed by atoms with Gasteiger partial charge in [0.1, 0.15) is 0 Å². The minimum atomic E-state index is -0.390. The Morgan fingerprint density at radius 2 is 2.11 bits per heavy atom. The van der Waals surface area contributed by atoms with Crippen molar-refractivity contribution in [3.63, 3.8) is 0 Å². The van der Waals surface area contributed by atoms with E-state index in [0.29, 0.717) is 12.2 Å². The van der Waals surface area contributed by atoms with E-state index in [1.807, 2.05) is 12.1 Å². The molecule has 0 radical (unpaired) electrons. The average Bonchev–Trinajstić information content (AvgIpc) is 2.60. The first kappa shape index (κ1) is 12.6. The van der Waals surface area contributed by atoms with Gasteiger partial charge < -0.3 is 15.0 Å². The lowest BCUT2D eigenvalue weighted by atomic mass is 10.1. The van der Waals surface area contributed by atoms with Gasteiger partial charge in [-0.3, -0.25) is 4.79 Å². The number of amides is 1. The highest BCUT2D eigenvalue weighted by atomic mass is 16.5. The van der Waals surface area contributed by atoms with E-state index in [0.717, 1.165) is 17.4 Å². The van der Waals surface area contributed by atoms with Crippen LogP contribution >= 0.6 is 0 Å². The summed E-state index contributed by atoms with van der Waals surface area (Å²) in [7, 11) is 1.69. The molecule has 0 saturated heterocycles. The smallest absolute Gasteiger partial charge is 0.248 e. The highest BCUT2D eigenvalue weighted by molar-refractivity contribution is 5.98. The zero-order chi connectivity index (χ0) is 13.3. The van der Waals surface area contributed by atoms with E-state index in [9.17, 15) is 4.79 Å². The quantitative estimate of drug-likeness (QED) is 0.897. The summed E-state index contributed by atoms with van der Waals surface area (Å²) < 4.78 is 7.33. The molecule has 1 amide bonds. The molecule has 4 nitrogen and oxygen atoms in total. The van der Waals surface area contributed by atoms with Gasteiger partial charge in [0.2, 0.25) is 5.91 Å². The largest absolute Gasteiger partial charge is 0.383 e. The molecule has 1 heterocycles. The van der Waals surface area contributed by atoms with Crippen molar-refractivity contribution in [2.45, 2.75) is 20.4 Å². The number of aryl methyl sites for hydroxylation is 1. The summed E-state index contributed by atoms with van der Waals surface area (Å²) in [5, 5.41) is 1.08. The summed E-state index contributed by atoms with van der Waals surface area (Å²) in [5.41, 5.74) is 9.36. The number of ether oxygens (including phenoxy) is 1. The third kappa shape index (κ3) is 1.99. The molecule has 0 saturated carbocycles. The van der Waals surface area contributed by atoms with E-state index in [1.54, 1.807) is 13.2 Å². The monoisotopic (exact) mass is 246 g/mol. The van der Waals surface area contributed by atoms with E-state index >= 15 is 0 Å². The number of carbonyl (C=O) groups excluding carboxylic acids is 1. The van der Waals surface area contributed by atoms with Gasteiger partial charge in [-0.05, 0) is 37.6 Å². The molecule has 18 heavy (non-hydrogen) atoms. The Bertz CT molecular complexity index is 599. The first-order chi connectivity index (χ1) is 8.56. The van der Waals surface area contributed by atoms with Crippen LogP contribution in [0.2, 0.25) is 0 Å². The Balaban J connectivity index is 2.60. The van der Waals surface area contributed by atoms with Crippen molar-refractivity contribution >= 4 is 16.8 Å². The van der Waals surface area contributed by atoms with E-state index in [-0.39, 0.29) is 0 Å². The summed E-state index contributed by atoms with van der Waals surface area (Å²) in [6, 6.07) is 5.58. The maximum absolute atomic E-state index is 11.2. The maximum atomic E-state index is 11.2. The topological polar surface area (TPSA) is 57.2 Å². The van der Waals surface area contributed by atoms with E-state index < -0.39 is 5.91 Å². The normalized spacial score (nSPS) is 11.1. The van der Waals surface area contributed by atoms with Gasteiger partial charge in [-0.1, -0.05) is 0 Å². The Hall–Kier alpha value is -1.81. The molecule has 0 fully saturated rings. The molecule has 0 aliphatic rings. The van der Waals surface area contributed by atoms with Crippen molar-refractivity contribution in [2.24, 2.45) is 5.73 Å². The van der Waals surface area contributed by atoms with Crippen LogP contribution in [0.25, 0.3) is 10.9 Å². The van der Waals surface area contributed by atoms with Crippen molar-refractivity contribution < 1.29 is 9.53 Å². The number of benzene rings is 1. The second kappa shape index (κ2) is 4.82. The third-order valence-electron chi connectivity index (χ3n) is 3.44. The number of nitrogens with two attached hydrogens (primary N) is 1. The molecule has 4 heteroatoms. The summed E-state index contributed by atoms with van der Waals surface area (Å²) in [5.74, 6) is -0.390. The van der Waals surface area contributed by atoms with Crippen LogP contribution in [-0.4, -0.2) is 24.2 Å². The fourth-order valence-electron chi connectivity index (χ4n) is 2.27. The Morgan fingerprint density at radius 3 is 2.72 bits per heavy atom. The number of methoxy groups -OCH3 is 1.